The van der Waals surface area contributed by atoms with Crippen molar-refractivity contribution in [1.82, 2.24) is 10.2 Å². The summed E-state index contributed by atoms with van der Waals surface area (Å²) in [6.45, 7) is 0.925. The third-order valence-electron chi connectivity index (χ3n) is 4.56. The second kappa shape index (κ2) is 4.00. The molecule has 0 radical (unpaired) electrons. The molecule has 3 N–H and O–H groups in total. The highest BCUT2D eigenvalue weighted by molar-refractivity contribution is 8.25. The molecule has 7 heteroatoms. The van der Waals surface area contributed by atoms with Gasteiger partial charge >= 0.3 is 0 Å². The molecule has 6 nitrogen and oxygen atoms in total. The Morgan fingerprint density at radius 3 is 2.62 bits per heavy atom. The highest BCUT2D eigenvalue weighted by atomic mass is 32.3. The van der Waals surface area contributed by atoms with Crippen LogP contribution in [0.4, 0.5) is 0 Å². The van der Waals surface area contributed by atoms with Gasteiger partial charge in [-0.05, 0) is 11.6 Å². The van der Waals surface area contributed by atoms with E-state index in [-0.39, 0.29) is 29.2 Å². The largest absolute Gasteiger partial charge is 0.339 e. The van der Waals surface area contributed by atoms with E-state index in [0.29, 0.717) is 18.7 Å². The summed E-state index contributed by atoms with van der Waals surface area (Å²) in [5.74, 6) is -0.0444. The minimum absolute atomic E-state index is 0.0366. The topological polar surface area (TPSA) is 89.9 Å². The van der Waals surface area contributed by atoms with Crippen LogP contribution in [0.25, 0.3) is 0 Å². The van der Waals surface area contributed by atoms with Gasteiger partial charge in [-0.1, -0.05) is 18.2 Å². The van der Waals surface area contributed by atoms with Crippen LogP contribution in [0.2, 0.25) is 0 Å². The molecule has 1 spiro atoms. The van der Waals surface area contributed by atoms with Gasteiger partial charge in [-0.15, -0.1) is 0 Å². The number of hydrogen-bond acceptors (Lipinski definition) is 4. The Morgan fingerprint density at radius 1 is 1.29 bits per heavy atom. The van der Waals surface area contributed by atoms with Crippen molar-refractivity contribution in [3.8, 4) is 0 Å². The van der Waals surface area contributed by atoms with E-state index in [1.54, 1.807) is 11.0 Å². The Morgan fingerprint density at radius 2 is 1.95 bits per heavy atom. The van der Waals surface area contributed by atoms with Crippen LogP contribution in [0.1, 0.15) is 15.9 Å². The van der Waals surface area contributed by atoms with Gasteiger partial charge in [0.05, 0.1) is 17.4 Å². The lowest BCUT2D eigenvalue weighted by Crippen LogP contribution is -2.68. The Kier molecular flexibility index (Phi) is 2.50. The highest BCUT2D eigenvalue weighted by Gasteiger charge is 2.54. The molecule has 2 saturated heterocycles. The average molecular weight is 308 g/mol. The Bertz CT molecular complexity index is 646. The number of benzene rings is 1. The summed E-state index contributed by atoms with van der Waals surface area (Å²) < 4.78 is 18.8. The lowest BCUT2D eigenvalue weighted by molar-refractivity contribution is -0.143. The lowest BCUT2D eigenvalue weighted by atomic mass is 9.82. The monoisotopic (exact) mass is 308 g/mol. The van der Waals surface area contributed by atoms with E-state index in [2.05, 4.69) is 5.32 Å². The van der Waals surface area contributed by atoms with Crippen LogP contribution in [0.15, 0.2) is 24.3 Å². The van der Waals surface area contributed by atoms with E-state index in [1.807, 2.05) is 18.2 Å². The van der Waals surface area contributed by atoms with Gasteiger partial charge in [-0.25, -0.2) is 0 Å². The van der Waals surface area contributed by atoms with Crippen molar-refractivity contribution >= 4 is 22.4 Å². The third kappa shape index (κ3) is 1.81. The molecule has 0 unspecified atom stereocenters. The molecule has 0 atom stereocenters. The summed E-state index contributed by atoms with van der Waals surface area (Å²) in [6.07, 6.45) is 0. The number of hydrogen-bond donors (Lipinski definition) is 3. The van der Waals surface area contributed by atoms with Crippen LogP contribution < -0.4 is 5.32 Å². The van der Waals surface area contributed by atoms with E-state index < -0.39 is 16.1 Å². The van der Waals surface area contributed by atoms with Crippen molar-refractivity contribution in [2.24, 2.45) is 5.92 Å². The van der Waals surface area contributed by atoms with Gasteiger partial charge in [0.25, 0.3) is 5.91 Å². The first-order chi connectivity index (χ1) is 9.90. The predicted molar refractivity (Wildman–Crippen MR) is 78.2 cm³/mol. The molecule has 112 valence electrons. The molecule has 0 aromatic heterocycles. The zero-order valence-electron chi connectivity index (χ0n) is 11.3. The third-order valence-corrected chi connectivity index (χ3v) is 6.43. The first-order valence-electron chi connectivity index (χ1n) is 6.85. The van der Waals surface area contributed by atoms with Crippen LogP contribution in [-0.2, 0) is 10.3 Å². The number of carbonyl (C=O) groups excluding carboxylic acids is 2. The maximum atomic E-state index is 12.2. The standard InChI is InChI=1S/C14H16N2O4S/c17-12-10-3-1-2-4-11(10)14(15-12)7-16(8-14)13(18)9-5-21(19,20)6-9/h1-4,9,19-20H,5-8H2,(H,15,17). The molecule has 21 heavy (non-hydrogen) atoms. The normalized spacial score (nSPS) is 26.6. The van der Waals surface area contributed by atoms with E-state index in [1.165, 1.54) is 0 Å². The van der Waals surface area contributed by atoms with Gasteiger partial charge in [0.15, 0.2) is 0 Å². The molecular weight excluding hydrogens is 292 g/mol. The molecule has 3 aliphatic rings. The summed E-state index contributed by atoms with van der Waals surface area (Å²) in [4.78, 5) is 25.9. The number of nitrogens with zero attached hydrogens (tertiary/aromatic N) is 1. The molecule has 0 aliphatic carbocycles. The number of nitrogens with one attached hydrogen (secondary N) is 1. The molecule has 3 aliphatic heterocycles. The van der Waals surface area contributed by atoms with Gasteiger partial charge in [-0.2, -0.15) is 10.6 Å². The number of rotatable bonds is 1. The van der Waals surface area contributed by atoms with Crippen molar-refractivity contribution in [3.05, 3.63) is 35.4 Å². The van der Waals surface area contributed by atoms with Gasteiger partial charge in [-0.3, -0.25) is 18.7 Å². The quantitative estimate of drug-likeness (QED) is 0.717. The fraction of sp³-hybridized carbons (Fsp3) is 0.429. The lowest BCUT2D eigenvalue weighted by Gasteiger charge is -2.53. The molecule has 0 bridgehead atoms. The number of fused-ring (bicyclic) bond motifs is 2. The maximum absolute atomic E-state index is 12.2. The van der Waals surface area contributed by atoms with Crippen molar-refractivity contribution < 1.29 is 18.7 Å². The van der Waals surface area contributed by atoms with Crippen LogP contribution in [0.3, 0.4) is 0 Å². The Labute approximate surface area is 123 Å². The van der Waals surface area contributed by atoms with Crippen LogP contribution in [-0.4, -0.2) is 50.4 Å². The summed E-state index contributed by atoms with van der Waals surface area (Å²) >= 11 is 0. The SMILES string of the molecule is O=C1NC2(CN(C(=O)C3CS(O)(O)C3)C2)c2ccccc21. The highest BCUT2D eigenvalue weighted by Crippen LogP contribution is 2.53. The molecule has 4 rings (SSSR count). The molecule has 3 heterocycles. The smallest absolute Gasteiger partial charge is 0.252 e. The minimum Gasteiger partial charge on any atom is -0.339 e. The van der Waals surface area contributed by atoms with E-state index in [0.717, 1.165) is 5.56 Å². The van der Waals surface area contributed by atoms with Crippen molar-refractivity contribution in [2.45, 2.75) is 5.54 Å². The zero-order chi connectivity index (χ0) is 14.8. The van der Waals surface area contributed by atoms with Crippen LogP contribution >= 0.6 is 10.6 Å². The fourth-order valence-electron chi connectivity index (χ4n) is 3.46. The number of carbonyl (C=O) groups is 2. The average Bonchev–Trinajstić information content (AvgIpc) is 2.68. The minimum atomic E-state index is -2.50. The molecular formula is C14H16N2O4S. The molecule has 1 aromatic carbocycles. The second-order valence-corrected chi connectivity index (χ2v) is 8.38. The summed E-state index contributed by atoms with van der Waals surface area (Å²) in [7, 11) is -2.50. The van der Waals surface area contributed by atoms with E-state index >= 15 is 0 Å². The predicted octanol–water partition coefficient (Wildman–Crippen LogP) is 0.848. The van der Waals surface area contributed by atoms with Gasteiger partial charge in [0.1, 0.15) is 5.54 Å². The van der Waals surface area contributed by atoms with Crippen LogP contribution in [0.5, 0.6) is 0 Å². The van der Waals surface area contributed by atoms with E-state index in [4.69, 9.17) is 0 Å². The summed E-state index contributed by atoms with van der Waals surface area (Å²) in [6, 6.07) is 7.45. The Hall–Kier alpha value is -1.57. The maximum Gasteiger partial charge on any atom is 0.252 e. The van der Waals surface area contributed by atoms with Crippen molar-refractivity contribution in [1.29, 1.82) is 0 Å². The molecule has 0 saturated carbocycles. The summed E-state index contributed by atoms with van der Waals surface area (Å²) in [5.41, 5.74) is 1.19. The molecule has 2 amide bonds. The van der Waals surface area contributed by atoms with Gasteiger partial charge < -0.3 is 10.2 Å². The Balaban J connectivity index is 1.48. The zero-order valence-corrected chi connectivity index (χ0v) is 12.1. The van der Waals surface area contributed by atoms with Gasteiger partial charge in [0, 0.05) is 18.7 Å². The number of amides is 2. The first-order valence-corrected chi connectivity index (χ1v) is 8.73. The van der Waals surface area contributed by atoms with Crippen molar-refractivity contribution in [3.63, 3.8) is 0 Å². The fourth-order valence-corrected chi connectivity index (χ4v) is 4.93. The molecule has 1 aromatic rings. The van der Waals surface area contributed by atoms with Gasteiger partial charge in [0.2, 0.25) is 5.91 Å². The second-order valence-electron chi connectivity index (χ2n) is 6.11. The summed E-state index contributed by atoms with van der Waals surface area (Å²) in [5, 5.41) is 2.98. The molecule has 2 fully saturated rings. The van der Waals surface area contributed by atoms with Crippen LogP contribution in [0, 0.1) is 5.92 Å². The van der Waals surface area contributed by atoms with Crippen molar-refractivity contribution in [2.75, 3.05) is 24.6 Å². The van der Waals surface area contributed by atoms with E-state index in [9.17, 15) is 18.7 Å². The first kappa shape index (κ1) is 13.1. The number of likely N-dealkylation sites (tertiary alicyclic amines) is 1.